The molecular weight excluding hydrogens is 177 g/mol. The predicted molar refractivity (Wildman–Crippen MR) is 46.5 cm³/mol. The molecule has 0 saturated heterocycles. The molecule has 0 spiro atoms. The Labute approximate surface area is 82.7 Å². The zero-order chi connectivity index (χ0) is 14.1. The van der Waals surface area contributed by atoms with E-state index < -0.39 is 30.5 Å². The molecule has 0 saturated carbocycles. The molecule has 0 bridgehead atoms. The Kier molecular flexibility index (Phi) is 1.97. The van der Waals surface area contributed by atoms with Crippen LogP contribution in [0.25, 0.3) is 0 Å². The molecule has 13 heavy (non-hydrogen) atoms. The Hall–Kier alpha value is -1.26. The second-order valence-corrected chi connectivity index (χ2v) is 3.31. The summed E-state index contributed by atoms with van der Waals surface area (Å²) in [4.78, 5) is 22.0. The molecule has 0 aromatic rings. The van der Waals surface area contributed by atoms with Crippen LogP contribution in [0, 0.1) is 0 Å². The first-order valence-electron chi connectivity index (χ1n) is 5.54. The molecule has 76 valence electrons. The molecule has 0 aromatic heterocycles. The topological polar surface area (TPSA) is 75.6 Å². The quantitative estimate of drug-likeness (QED) is 0.645. The van der Waals surface area contributed by atoms with Crippen molar-refractivity contribution in [1.82, 2.24) is 5.32 Å². The van der Waals surface area contributed by atoms with Crippen LogP contribution >= 0.6 is 0 Å². The largest absolute Gasteiger partial charge is 0.480 e. The van der Waals surface area contributed by atoms with E-state index in [1.807, 2.05) is 0 Å². The summed E-state index contributed by atoms with van der Waals surface area (Å²) in [6.45, 7) is 1.35. The molecule has 0 aromatic carbocycles. The predicted octanol–water partition coefficient (Wildman–Crippen LogP) is 0.984. The Morgan fingerprint density at radius 3 is 2.46 bits per heavy atom. The minimum absolute atomic E-state index is 0.918. The minimum Gasteiger partial charge on any atom is -0.480 e. The van der Waals surface area contributed by atoms with Crippen LogP contribution in [0.3, 0.4) is 0 Å². The van der Waals surface area contributed by atoms with Gasteiger partial charge in [-0.3, -0.25) is 4.79 Å². The summed E-state index contributed by atoms with van der Waals surface area (Å²) < 4.78 is 32.8. The highest BCUT2D eigenvalue weighted by Gasteiger charge is 2.20. The van der Waals surface area contributed by atoms with E-state index in [0.29, 0.717) is 0 Å². The lowest BCUT2D eigenvalue weighted by Crippen LogP contribution is -2.41. The highest BCUT2D eigenvalue weighted by Crippen LogP contribution is 2.06. The van der Waals surface area contributed by atoms with Gasteiger partial charge in [0.1, 0.15) is 11.6 Å². The number of carboxylic acid groups (broad SMARTS) is 1. The van der Waals surface area contributed by atoms with Crippen molar-refractivity contribution >= 4 is 12.1 Å². The molecule has 0 aliphatic rings. The average Bonchev–Trinajstić information content (AvgIpc) is 1.96. The second-order valence-electron chi connectivity index (χ2n) is 3.31. The summed E-state index contributed by atoms with van der Waals surface area (Å²) in [5, 5.41) is 10.2. The zero-order valence-electron chi connectivity index (χ0n) is 11.7. The lowest BCUT2D eigenvalue weighted by Gasteiger charge is -2.20. The van der Waals surface area contributed by atoms with Crippen LogP contribution in [0.1, 0.15) is 33.1 Å². The van der Waals surface area contributed by atoms with E-state index in [1.165, 1.54) is 26.1 Å². The van der Waals surface area contributed by atoms with Crippen LogP contribution in [0.5, 0.6) is 0 Å². The third-order valence-corrected chi connectivity index (χ3v) is 0.840. The van der Waals surface area contributed by atoms with Crippen LogP contribution in [0.2, 0.25) is 0 Å². The van der Waals surface area contributed by atoms with E-state index in [9.17, 15) is 9.59 Å². The lowest BCUT2D eigenvalue weighted by atomic mass is 10.2. The maximum Gasteiger partial charge on any atom is 0.408 e. The number of nitrogens with one attached hydrogen (secondary N) is 1. The van der Waals surface area contributed by atoms with Crippen molar-refractivity contribution in [1.29, 1.82) is 0 Å². The van der Waals surface area contributed by atoms with Crippen LogP contribution in [-0.2, 0) is 9.53 Å². The third kappa shape index (κ3) is 5.95. The van der Waals surface area contributed by atoms with Gasteiger partial charge in [-0.15, -0.1) is 0 Å². The smallest absolute Gasteiger partial charge is 0.408 e. The lowest BCUT2D eigenvalue weighted by molar-refractivity contribution is -0.139. The minimum atomic E-state index is -3.21. The highest BCUT2D eigenvalue weighted by molar-refractivity contribution is 5.79. The molecule has 0 heterocycles. The van der Waals surface area contributed by atoms with E-state index >= 15 is 0 Å². The first-order valence-corrected chi connectivity index (χ1v) is 3.54. The van der Waals surface area contributed by atoms with Gasteiger partial charge in [-0.1, -0.05) is 0 Å². The fourth-order valence-electron chi connectivity index (χ4n) is 0.459. The number of aliphatic carboxylic acids is 1. The van der Waals surface area contributed by atoms with Crippen molar-refractivity contribution in [3.8, 4) is 0 Å². The van der Waals surface area contributed by atoms with E-state index in [1.54, 1.807) is 0 Å². The molecule has 1 amide bonds. The Morgan fingerprint density at radius 2 is 2.15 bits per heavy atom. The maximum atomic E-state index is 11.3. The van der Waals surface area contributed by atoms with Crippen molar-refractivity contribution < 1.29 is 24.9 Å². The molecule has 5 nitrogen and oxygen atoms in total. The van der Waals surface area contributed by atoms with E-state index in [2.05, 4.69) is 0 Å². The summed E-state index contributed by atoms with van der Waals surface area (Å²) in [5.41, 5.74) is -0.918. The van der Waals surface area contributed by atoms with Gasteiger partial charge in [-0.05, 0) is 27.6 Å². The molecule has 0 rings (SSSR count). The Bertz CT molecular complexity index is 322. The number of hydrogen-bond acceptors (Lipinski definition) is 3. The second kappa shape index (κ2) is 4.11. The average molecular weight is 196 g/mol. The van der Waals surface area contributed by atoms with Gasteiger partial charge in [0, 0.05) is 4.11 Å². The van der Waals surface area contributed by atoms with Gasteiger partial charge in [-0.25, -0.2) is 4.79 Å². The van der Waals surface area contributed by atoms with Crippen molar-refractivity contribution in [3.05, 3.63) is 0 Å². The van der Waals surface area contributed by atoms with Crippen molar-refractivity contribution in [2.75, 3.05) is 0 Å². The summed E-state index contributed by atoms with van der Waals surface area (Å²) >= 11 is 0. The first-order chi connectivity index (χ1) is 7.29. The van der Waals surface area contributed by atoms with Crippen molar-refractivity contribution in [2.45, 2.75) is 39.2 Å². The van der Waals surface area contributed by atoms with Gasteiger partial charge in [0.25, 0.3) is 0 Å². The highest BCUT2D eigenvalue weighted by atomic mass is 16.6. The number of alkyl carbamates (subject to hydrolysis) is 1. The number of rotatable bonds is 2. The van der Waals surface area contributed by atoms with Gasteiger partial charge >= 0.3 is 12.1 Å². The number of hydrogen-bond donors (Lipinski definition) is 2. The number of carbonyl (C=O) groups excluding carboxylic acids is 1. The molecule has 5 heteroatoms. The van der Waals surface area contributed by atoms with Gasteiger partial charge in [0.15, 0.2) is 0 Å². The monoisotopic (exact) mass is 196 g/mol. The molecule has 0 aliphatic heterocycles. The fraction of sp³-hybridized carbons (Fsp3) is 0.750. The summed E-state index contributed by atoms with van der Waals surface area (Å²) in [6, 6.07) is -3.13. The standard InChI is InChI=1S/C8H15NO4/c1-5(6(10)11)9-7(12)13-8(2,3)4/h5H,1-4H3,(H,9,12)(H,10,11)/t5-/m0/s1/i1+1D3,5+1D,6+1. The molecular formula is C8H15NO4. The third-order valence-electron chi connectivity index (χ3n) is 0.840. The molecule has 0 unspecified atom stereocenters. The van der Waals surface area contributed by atoms with Crippen molar-refractivity contribution in [2.24, 2.45) is 0 Å². The summed E-state index contributed by atoms with van der Waals surface area (Å²) in [5.74, 6) is -1.98. The van der Waals surface area contributed by atoms with E-state index in [4.69, 9.17) is 15.3 Å². The van der Waals surface area contributed by atoms with Crippen LogP contribution in [0.4, 0.5) is 4.79 Å². The summed E-state index contributed by atoms with van der Waals surface area (Å²) in [6.07, 6.45) is -1.27. The number of carbonyl (C=O) groups is 2. The molecule has 0 fully saturated rings. The molecule has 1 atom stereocenters. The molecule has 2 N–H and O–H groups in total. The number of ether oxygens (including phenoxy) is 1. The summed E-state index contributed by atoms with van der Waals surface area (Å²) in [7, 11) is 0. The van der Waals surface area contributed by atoms with Gasteiger partial charge in [-0.2, -0.15) is 0 Å². The van der Waals surface area contributed by atoms with Gasteiger partial charge in [0.2, 0.25) is 0 Å². The number of amides is 1. The SMILES string of the molecule is [2H][13C]([2H])([2H])[13C@]([2H])(NC(=O)OC(C)(C)C)[13C](=O)O. The normalized spacial score (nSPS) is 21.2. The maximum absolute atomic E-state index is 11.3. The Morgan fingerprint density at radius 1 is 1.62 bits per heavy atom. The van der Waals surface area contributed by atoms with Crippen LogP contribution < -0.4 is 5.32 Å². The Balaban J connectivity index is 4.93. The fourth-order valence-corrected chi connectivity index (χ4v) is 0.459. The van der Waals surface area contributed by atoms with Crippen LogP contribution in [0.15, 0.2) is 0 Å². The molecule has 0 radical (unpaired) electrons. The van der Waals surface area contributed by atoms with E-state index in [-0.39, 0.29) is 0 Å². The van der Waals surface area contributed by atoms with E-state index in [0.717, 1.165) is 0 Å². The number of carboxylic acids is 1. The van der Waals surface area contributed by atoms with Gasteiger partial charge in [0.05, 0.1) is 1.37 Å². The van der Waals surface area contributed by atoms with Crippen LogP contribution in [-0.4, -0.2) is 28.8 Å². The van der Waals surface area contributed by atoms with Crippen molar-refractivity contribution in [3.63, 3.8) is 0 Å². The molecule has 0 aliphatic carbocycles. The zero-order valence-corrected chi connectivity index (χ0v) is 7.67. The first kappa shape index (κ1) is 6.23. The van der Waals surface area contributed by atoms with Gasteiger partial charge < -0.3 is 15.2 Å².